The van der Waals surface area contributed by atoms with Crippen molar-refractivity contribution in [3.8, 4) is 5.75 Å². The third kappa shape index (κ3) is 4.35. The molecule has 2 aromatic carbocycles. The van der Waals surface area contributed by atoms with E-state index < -0.39 is 5.82 Å². The number of ether oxygens (including phenoxy) is 2. The zero-order valence-electron chi connectivity index (χ0n) is 10.4. The highest BCUT2D eigenvalue weighted by atomic mass is 19.1. The van der Waals surface area contributed by atoms with Crippen LogP contribution in [0.4, 0.5) is 4.39 Å². The van der Waals surface area contributed by atoms with Crippen LogP contribution in [0.3, 0.4) is 0 Å². The van der Waals surface area contributed by atoms with E-state index in [-0.39, 0.29) is 13.4 Å². The van der Waals surface area contributed by atoms with Gasteiger partial charge in [-0.05, 0) is 23.3 Å². The van der Waals surface area contributed by atoms with E-state index in [1.54, 1.807) is 6.07 Å². The quantitative estimate of drug-likeness (QED) is 0.642. The van der Waals surface area contributed by atoms with Crippen LogP contribution in [0.5, 0.6) is 5.75 Å². The van der Waals surface area contributed by atoms with Gasteiger partial charge in [0.05, 0.1) is 13.2 Å². The zero-order chi connectivity index (χ0) is 13.5. The summed E-state index contributed by atoms with van der Waals surface area (Å²) in [5.41, 5.74) is 1.51. The Balaban J connectivity index is 1.81. The van der Waals surface area contributed by atoms with Gasteiger partial charge in [-0.25, -0.2) is 4.39 Å². The van der Waals surface area contributed by atoms with Crippen molar-refractivity contribution in [3.63, 3.8) is 0 Å². The molecule has 0 saturated carbocycles. The van der Waals surface area contributed by atoms with Crippen LogP contribution >= 0.6 is 0 Å². The molecule has 3 nitrogen and oxygen atoms in total. The van der Waals surface area contributed by atoms with E-state index in [0.29, 0.717) is 17.9 Å². The average molecular weight is 262 g/mol. The van der Waals surface area contributed by atoms with Gasteiger partial charge >= 0.3 is 0 Å². The minimum absolute atomic E-state index is 0.0310. The van der Waals surface area contributed by atoms with E-state index in [0.717, 1.165) is 5.56 Å². The van der Waals surface area contributed by atoms with Gasteiger partial charge in [0.1, 0.15) is 11.6 Å². The molecule has 0 aliphatic rings. The van der Waals surface area contributed by atoms with Crippen LogP contribution in [-0.4, -0.2) is 11.9 Å². The molecule has 0 saturated heterocycles. The van der Waals surface area contributed by atoms with Gasteiger partial charge in [0, 0.05) is 6.07 Å². The van der Waals surface area contributed by atoms with Gasteiger partial charge in [-0.2, -0.15) is 0 Å². The fraction of sp³-hybridized carbons (Fsp3) is 0.200. The Morgan fingerprint density at radius 1 is 1.00 bits per heavy atom. The van der Waals surface area contributed by atoms with E-state index in [1.165, 1.54) is 12.1 Å². The molecule has 0 fully saturated rings. The SMILES string of the molecule is OCc1cc(F)cc(OCOCc2ccccc2)c1. The number of rotatable bonds is 6. The van der Waals surface area contributed by atoms with Crippen LogP contribution < -0.4 is 4.74 Å². The predicted octanol–water partition coefficient (Wildman–Crippen LogP) is 2.87. The van der Waals surface area contributed by atoms with Gasteiger partial charge in [0.2, 0.25) is 0 Å². The summed E-state index contributed by atoms with van der Waals surface area (Å²) < 4.78 is 23.8. The average Bonchev–Trinajstić information content (AvgIpc) is 2.44. The predicted molar refractivity (Wildman–Crippen MR) is 69.0 cm³/mol. The zero-order valence-corrected chi connectivity index (χ0v) is 10.4. The second-order valence-electron chi connectivity index (χ2n) is 4.05. The van der Waals surface area contributed by atoms with E-state index in [9.17, 15) is 4.39 Å². The molecule has 4 heteroatoms. The van der Waals surface area contributed by atoms with Crippen molar-refractivity contribution in [2.45, 2.75) is 13.2 Å². The van der Waals surface area contributed by atoms with Gasteiger partial charge < -0.3 is 14.6 Å². The molecule has 0 aliphatic heterocycles. The first-order chi connectivity index (χ1) is 9.28. The lowest BCUT2D eigenvalue weighted by molar-refractivity contribution is 0.00481. The van der Waals surface area contributed by atoms with Crippen LogP contribution in [0.2, 0.25) is 0 Å². The molecule has 2 aromatic rings. The minimum atomic E-state index is -0.440. The molecule has 0 aliphatic carbocycles. The first-order valence-electron chi connectivity index (χ1n) is 5.93. The Hall–Kier alpha value is -1.91. The second-order valence-corrected chi connectivity index (χ2v) is 4.05. The largest absolute Gasteiger partial charge is 0.467 e. The Morgan fingerprint density at radius 2 is 1.79 bits per heavy atom. The molecule has 2 rings (SSSR count). The monoisotopic (exact) mass is 262 g/mol. The van der Waals surface area contributed by atoms with Crippen molar-refractivity contribution in [2.75, 3.05) is 6.79 Å². The van der Waals surface area contributed by atoms with Crippen LogP contribution in [0, 0.1) is 5.82 Å². The molecule has 0 bridgehead atoms. The van der Waals surface area contributed by atoms with Crippen molar-refractivity contribution in [1.82, 2.24) is 0 Å². The summed E-state index contributed by atoms with van der Waals surface area (Å²) >= 11 is 0. The summed E-state index contributed by atoms with van der Waals surface area (Å²) in [6, 6.07) is 13.8. The lowest BCUT2D eigenvalue weighted by Crippen LogP contribution is -2.03. The lowest BCUT2D eigenvalue weighted by Gasteiger charge is -2.08. The molecule has 0 atom stereocenters. The van der Waals surface area contributed by atoms with E-state index in [4.69, 9.17) is 14.6 Å². The van der Waals surface area contributed by atoms with Crippen LogP contribution in [0.25, 0.3) is 0 Å². The summed E-state index contributed by atoms with van der Waals surface area (Å²) in [7, 11) is 0. The van der Waals surface area contributed by atoms with E-state index >= 15 is 0 Å². The molecule has 0 aromatic heterocycles. The molecule has 0 amide bonds. The number of hydrogen-bond donors (Lipinski definition) is 1. The summed E-state index contributed by atoms with van der Waals surface area (Å²) in [5, 5.41) is 8.95. The Morgan fingerprint density at radius 3 is 2.53 bits per heavy atom. The van der Waals surface area contributed by atoms with Crippen LogP contribution in [-0.2, 0) is 18.0 Å². The first-order valence-corrected chi connectivity index (χ1v) is 5.93. The Kier molecular flexibility index (Phi) is 4.89. The maximum Gasteiger partial charge on any atom is 0.189 e. The van der Waals surface area contributed by atoms with Gasteiger partial charge in [0.15, 0.2) is 6.79 Å². The molecule has 100 valence electrons. The number of benzene rings is 2. The minimum Gasteiger partial charge on any atom is -0.467 e. The number of halogens is 1. The van der Waals surface area contributed by atoms with Gasteiger partial charge in [0.25, 0.3) is 0 Å². The number of aliphatic hydroxyl groups is 1. The van der Waals surface area contributed by atoms with Crippen molar-refractivity contribution in [1.29, 1.82) is 0 Å². The van der Waals surface area contributed by atoms with Crippen LogP contribution in [0.1, 0.15) is 11.1 Å². The van der Waals surface area contributed by atoms with E-state index in [2.05, 4.69) is 0 Å². The fourth-order valence-corrected chi connectivity index (χ4v) is 1.64. The van der Waals surface area contributed by atoms with Gasteiger partial charge in [-0.15, -0.1) is 0 Å². The Bertz CT molecular complexity index is 514. The highest BCUT2D eigenvalue weighted by molar-refractivity contribution is 5.29. The molecule has 0 unspecified atom stereocenters. The summed E-state index contributed by atoms with van der Waals surface area (Å²) in [6.45, 7) is 0.241. The van der Waals surface area contributed by atoms with Crippen molar-refractivity contribution < 1.29 is 19.0 Å². The Labute approximate surface area is 111 Å². The molecule has 1 N–H and O–H groups in total. The topological polar surface area (TPSA) is 38.7 Å². The summed E-state index contributed by atoms with van der Waals surface area (Å²) in [5.74, 6) is -0.0956. The van der Waals surface area contributed by atoms with Crippen molar-refractivity contribution in [2.24, 2.45) is 0 Å². The smallest absolute Gasteiger partial charge is 0.189 e. The fourth-order valence-electron chi connectivity index (χ4n) is 1.64. The molecule has 19 heavy (non-hydrogen) atoms. The molecule has 0 spiro atoms. The maximum atomic E-state index is 13.2. The lowest BCUT2D eigenvalue weighted by atomic mass is 10.2. The number of aliphatic hydroxyl groups excluding tert-OH is 1. The first kappa shape index (κ1) is 13.5. The highest BCUT2D eigenvalue weighted by Gasteiger charge is 2.01. The maximum absolute atomic E-state index is 13.2. The normalized spacial score (nSPS) is 10.4. The summed E-state index contributed by atoms with van der Waals surface area (Å²) in [4.78, 5) is 0. The van der Waals surface area contributed by atoms with Gasteiger partial charge in [-0.3, -0.25) is 0 Å². The van der Waals surface area contributed by atoms with Crippen molar-refractivity contribution >= 4 is 0 Å². The standard InChI is InChI=1S/C15H15FO3/c16-14-6-13(9-17)7-15(8-14)19-11-18-10-12-4-2-1-3-5-12/h1-8,17H,9-11H2. The van der Waals surface area contributed by atoms with E-state index in [1.807, 2.05) is 30.3 Å². The second kappa shape index (κ2) is 6.87. The van der Waals surface area contributed by atoms with Gasteiger partial charge in [-0.1, -0.05) is 30.3 Å². The third-order valence-corrected chi connectivity index (χ3v) is 2.53. The molecular weight excluding hydrogens is 247 g/mol. The summed E-state index contributed by atoms with van der Waals surface area (Å²) in [6.07, 6.45) is 0. The third-order valence-electron chi connectivity index (χ3n) is 2.53. The molecule has 0 radical (unpaired) electrons. The molecule has 0 heterocycles. The van der Waals surface area contributed by atoms with Crippen LogP contribution in [0.15, 0.2) is 48.5 Å². The molecular formula is C15H15FO3. The number of hydrogen-bond acceptors (Lipinski definition) is 3. The highest BCUT2D eigenvalue weighted by Crippen LogP contribution is 2.16. The van der Waals surface area contributed by atoms with Crippen molar-refractivity contribution in [3.05, 3.63) is 65.5 Å².